The molecule has 0 saturated carbocycles. The minimum Gasteiger partial charge on any atom is -0.478 e. The molecule has 0 unspecified atom stereocenters. The fourth-order valence-corrected chi connectivity index (χ4v) is 3.32. The Bertz CT molecular complexity index is 949. The van der Waals surface area contributed by atoms with E-state index in [1.807, 2.05) is 24.6 Å². The lowest BCUT2D eigenvalue weighted by Gasteiger charge is -2.12. The molecule has 7 heteroatoms. The van der Waals surface area contributed by atoms with Crippen molar-refractivity contribution in [3.63, 3.8) is 0 Å². The van der Waals surface area contributed by atoms with E-state index in [1.165, 1.54) is 0 Å². The van der Waals surface area contributed by atoms with E-state index >= 15 is 0 Å². The Morgan fingerprint density at radius 3 is 2.67 bits per heavy atom. The van der Waals surface area contributed by atoms with Crippen molar-refractivity contribution in [1.29, 1.82) is 0 Å². The molecule has 0 aliphatic carbocycles. The number of carbonyl (C=O) groups is 1. The summed E-state index contributed by atoms with van der Waals surface area (Å²) in [6, 6.07) is 1.87. The first-order chi connectivity index (χ1) is 11.5. The molecule has 0 spiro atoms. The summed E-state index contributed by atoms with van der Waals surface area (Å²) in [5.41, 5.74) is 3.61. The third-order valence-electron chi connectivity index (χ3n) is 3.98. The van der Waals surface area contributed by atoms with Crippen molar-refractivity contribution < 1.29 is 9.90 Å². The number of hydrogen-bond donors (Lipinski definition) is 1. The van der Waals surface area contributed by atoms with Gasteiger partial charge in [-0.3, -0.25) is 4.98 Å². The molecule has 0 fully saturated rings. The summed E-state index contributed by atoms with van der Waals surface area (Å²) in [6.45, 7) is 6.39. The van der Waals surface area contributed by atoms with Crippen molar-refractivity contribution in [2.24, 2.45) is 0 Å². The summed E-state index contributed by atoms with van der Waals surface area (Å²) in [5, 5.41) is 15.2. The minimum absolute atomic E-state index is 0.202. The van der Waals surface area contributed by atoms with Gasteiger partial charge in [-0.2, -0.15) is 5.10 Å². The average molecular weight is 389 g/mol. The fraction of sp³-hybridized carbons (Fsp3) is 0.294. The van der Waals surface area contributed by atoms with E-state index in [2.05, 4.69) is 31.0 Å². The van der Waals surface area contributed by atoms with E-state index in [1.54, 1.807) is 19.3 Å². The maximum absolute atomic E-state index is 11.9. The molecule has 3 heterocycles. The highest BCUT2D eigenvalue weighted by molar-refractivity contribution is 9.10. The monoisotopic (exact) mass is 388 g/mol. The van der Waals surface area contributed by atoms with Gasteiger partial charge in [0.05, 0.1) is 22.3 Å². The number of aromatic carboxylic acids is 1. The van der Waals surface area contributed by atoms with E-state index in [9.17, 15) is 9.90 Å². The highest BCUT2D eigenvalue weighted by Crippen LogP contribution is 2.36. The van der Waals surface area contributed by atoms with E-state index in [0.717, 1.165) is 21.1 Å². The largest absolute Gasteiger partial charge is 0.478 e. The minimum atomic E-state index is -0.997. The summed E-state index contributed by atoms with van der Waals surface area (Å²) < 4.78 is 2.61. The van der Waals surface area contributed by atoms with E-state index in [-0.39, 0.29) is 5.56 Å². The molecule has 0 aromatic carbocycles. The van der Waals surface area contributed by atoms with Crippen LogP contribution >= 0.6 is 15.9 Å². The summed E-state index contributed by atoms with van der Waals surface area (Å²) in [7, 11) is 0. The van der Waals surface area contributed by atoms with Crippen LogP contribution in [0.1, 0.15) is 35.6 Å². The number of halogens is 1. The Hall–Kier alpha value is -2.28. The molecule has 6 nitrogen and oxygen atoms in total. The summed E-state index contributed by atoms with van der Waals surface area (Å²) >= 11 is 3.41. The molecule has 24 heavy (non-hydrogen) atoms. The number of nitrogens with zero attached hydrogens (tertiary/aromatic N) is 4. The molecule has 0 aliphatic rings. The molecular weight excluding hydrogens is 372 g/mol. The fourth-order valence-electron chi connectivity index (χ4n) is 2.96. The molecular formula is C17H17BrN4O2. The first-order valence-electron chi connectivity index (χ1n) is 7.72. The van der Waals surface area contributed by atoms with Crippen molar-refractivity contribution >= 4 is 32.9 Å². The van der Waals surface area contributed by atoms with Gasteiger partial charge in [-0.05, 0) is 42.3 Å². The van der Waals surface area contributed by atoms with Crippen molar-refractivity contribution in [2.45, 2.75) is 33.7 Å². The molecule has 1 N–H and O–H groups in total. The number of aryl methyl sites for hydroxylation is 3. The SMILES string of the molecule is CCc1nn(CC)c2nc(C)c(C(=O)O)c(-c3cncc(Br)c3)c12. The van der Waals surface area contributed by atoms with Crippen molar-refractivity contribution in [2.75, 3.05) is 0 Å². The van der Waals surface area contributed by atoms with Gasteiger partial charge in [-0.1, -0.05) is 6.92 Å². The van der Waals surface area contributed by atoms with E-state index < -0.39 is 5.97 Å². The molecule has 3 aromatic rings. The molecule has 0 saturated heterocycles. The van der Waals surface area contributed by atoms with Gasteiger partial charge in [0.2, 0.25) is 0 Å². The Morgan fingerprint density at radius 1 is 1.33 bits per heavy atom. The maximum atomic E-state index is 11.9. The van der Waals surface area contributed by atoms with Crippen LogP contribution in [0.3, 0.4) is 0 Å². The lowest BCUT2D eigenvalue weighted by Crippen LogP contribution is -2.07. The van der Waals surface area contributed by atoms with Gasteiger partial charge in [0.1, 0.15) is 0 Å². The average Bonchev–Trinajstić information content (AvgIpc) is 2.90. The second-order valence-corrected chi connectivity index (χ2v) is 6.37. The van der Waals surface area contributed by atoms with Gasteiger partial charge in [-0.15, -0.1) is 0 Å². The lowest BCUT2D eigenvalue weighted by atomic mass is 9.95. The molecule has 0 radical (unpaired) electrons. The standard InChI is InChI=1S/C17H17BrN4O2/c1-4-12-15-14(10-6-11(18)8-19-7-10)13(17(23)24)9(3)20-16(15)22(5-2)21-12/h6-8H,4-5H2,1-3H3,(H,23,24). The van der Waals surface area contributed by atoms with Gasteiger partial charge < -0.3 is 5.11 Å². The van der Waals surface area contributed by atoms with Crippen LogP contribution in [0.15, 0.2) is 22.9 Å². The molecule has 0 aliphatic heterocycles. The lowest BCUT2D eigenvalue weighted by molar-refractivity contribution is 0.0696. The number of rotatable bonds is 4. The highest BCUT2D eigenvalue weighted by Gasteiger charge is 2.24. The van der Waals surface area contributed by atoms with Gasteiger partial charge in [-0.25, -0.2) is 14.5 Å². The van der Waals surface area contributed by atoms with Crippen LogP contribution in [0.2, 0.25) is 0 Å². The molecule has 0 bridgehead atoms. The van der Waals surface area contributed by atoms with E-state index in [0.29, 0.717) is 29.9 Å². The van der Waals surface area contributed by atoms with Gasteiger partial charge in [0.25, 0.3) is 0 Å². The molecule has 0 amide bonds. The highest BCUT2D eigenvalue weighted by atomic mass is 79.9. The van der Waals surface area contributed by atoms with Gasteiger partial charge in [0.15, 0.2) is 5.65 Å². The third kappa shape index (κ3) is 2.58. The first kappa shape index (κ1) is 16.6. The van der Waals surface area contributed by atoms with Crippen molar-refractivity contribution in [3.8, 4) is 11.1 Å². The second kappa shape index (κ2) is 6.32. The Labute approximate surface area is 147 Å². The number of pyridine rings is 2. The van der Waals surface area contributed by atoms with Crippen LogP contribution in [0, 0.1) is 6.92 Å². The van der Waals surface area contributed by atoms with Crippen molar-refractivity contribution in [1.82, 2.24) is 19.7 Å². The molecule has 0 atom stereocenters. The molecule has 3 rings (SSSR count). The zero-order valence-electron chi connectivity index (χ0n) is 13.7. The van der Waals surface area contributed by atoms with Crippen LogP contribution in [-0.4, -0.2) is 30.8 Å². The van der Waals surface area contributed by atoms with Gasteiger partial charge >= 0.3 is 5.97 Å². The quantitative estimate of drug-likeness (QED) is 0.733. The number of hydrogen-bond acceptors (Lipinski definition) is 4. The predicted molar refractivity (Wildman–Crippen MR) is 95.2 cm³/mol. The normalized spacial score (nSPS) is 11.2. The van der Waals surface area contributed by atoms with Gasteiger partial charge in [0, 0.05) is 34.5 Å². The number of aromatic nitrogens is 4. The third-order valence-corrected chi connectivity index (χ3v) is 4.41. The number of fused-ring (bicyclic) bond motifs is 1. The predicted octanol–water partition coefficient (Wildman–Crippen LogP) is 3.84. The smallest absolute Gasteiger partial charge is 0.338 e. The Kier molecular flexibility index (Phi) is 4.36. The summed E-state index contributed by atoms with van der Waals surface area (Å²) in [5.74, 6) is -0.997. The maximum Gasteiger partial charge on any atom is 0.338 e. The Morgan fingerprint density at radius 2 is 2.08 bits per heavy atom. The molecule has 124 valence electrons. The van der Waals surface area contributed by atoms with E-state index in [4.69, 9.17) is 0 Å². The number of carboxylic acids is 1. The zero-order valence-corrected chi connectivity index (χ0v) is 15.3. The zero-order chi connectivity index (χ0) is 17.4. The number of carboxylic acid groups (broad SMARTS) is 1. The van der Waals surface area contributed by atoms with Crippen molar-refractivity contribution in [3.05, 3.63) is 39.9 Å². The molecule has 3 aromatic heterocycles. The van der Waals surface area contributed by atoms with Crippen LogP contribution in [0.25, 0.3) is 22.2 Å². The van der Waals surface area contributed by atoms with Crippen LogP contribution in [0.5, 0.6) is 0 Å². The van der Waals surface area contributed by atoms with Crippen LogP contribution in [0.4, 0.5) is 0 Å². The topological polar surface area (TPSA) is 80.9 Å². The summed E-state index contributed by atoms with van der Waals surface area (Å²) in [6.07, 6.45) is 4.04. The first-order valence-corrected chi connectivity index (χ1v) is 8.51. The van der Waals surface area contributed by atoms with Crippen LogP contribution < -0.4 is 0 Å². The Balaban J connectivity index is 2.53. The second-order valence-electron chi connectivity index (χ2n) is 5.46. The van der Waals surface area contributed by atoms with Crippen LogP contribution in [-0.2, 0) is 13.0 Å². The summed E-state index contributed by atoms with van der Waals surface area (Å²) in [4.78, 5) is 20.6.